The van der Waals surface area contributed by atoms with Gasteiger partial charge in [-0.05, 0) is 25.8 Å². The second-order valence-electron chi connectivity index (χ2n) is 4.93. The van der Waals surface area contributed by atoms with Gasteiger partial charge in [0.1, 0.15) is 0 Å². The van der Waals surface area contributed by atoms with Crippen LogP contribution in [-0.2, 0) is 0 Å². The molecular formula is C16H30N2. The zero-order valence-electron chi connectivity index (χ0n) is 12.3. The van der Waals surface area contributed by atoms with Gasteiger partial charge in [0, 0.05) is 12.1 Å². The molecule has 0 saturated carbocycles. The minimum Gasteiger partial charge on any atom is -0.312 e. The van der Waals surface area contributed by atoms with Crippen molar-refractivity contribution in [2.24, 2.45) is 0 Å². The average Bonchev–Trinajstić information content (AvgIpc) is 2.40. The molecule has 0 aromatic rings. The molecule has 0 spiro atoms. The van der Waals surface area contributed by atoms with E-state index >= 15 is 0 Å². The Morgan fingerprint density at radius 3 is 2.28 bits per heavy atom. The van der Waals surface area contributed by atoms with E-state index in [-0.39, 0.29) is 0 Å². The summed E-state index contributed by atoms with van der Waals surface area (Å²) in [5, 5.41) is 12.4. The van der Waals surface area contributed by atoms with Gasteiger partial charge in [0.25, 0.3) is 0 Å². The Bertz CT molecular complexity index is 238. The highest BCUT2D eigenvalue weighted by Crippen LogP contribution is 2.05. The third-order valence-electron chi connectivity index (χ3n) is 3.11. The minimum absolute atomic E-state index is 0.746. The topological polar surface area (TPSA) is 35.8 Å². The van der Waals surface area contributed by atoms with Gasteiger partial charge in [0.2, 0.25) is 0 Å². The van der Waals surface area contributed by atoms with E-state index in [0.717, 1.165) is 25.1 Å². The molecular weight excluding hydrogens is 220 g/mol. The SMILES string of the molecule is CCCCCC/C=C(/C#N)CNCCCCCC. The minimum atomic E-state index is 0.746. The number of nitrogens with zero attached hydrogens (tertiary/aromatic N) is 1. The molecule has 0 atom stereocenters. The van der Waals surface area contributed by atoms with Gasteiger partial charge in [0.15, 0.2) is 0 Å². The van der Waals surface area contributed by atoms with Gasteiger partial charge >= 0.3 is 0 Å². The van der Waals surface area contributed by atoms with Crippen molar-refractivity contribution >= 4 is 0 Å². The van der Waals surface area contributed by atoms with Crippen LogP contribution in [0, 0.1) is 11.3 Å². The van der Waals surface area contributed by atoms with Gasteiger partial charge in [-0.25, -0.2) is 0 Å². The lowest BCUT2D eigenvalue weighted by molar-refractivity contribution is 0.616. The molecule has 0 fully saturated rings. The Morgan fingerprint density at radius 2 is 1.67 bits per heavy atom. The van der Waals surface area contributed by atoms with Gasteiger partial charge < -0.3 is 5.32 Å². The Hall–Kier alpha value is -0.810. The Morgan fingerprint density at radius 1 is 1.00 bits per heavy atom. The van der Waals surface area contributed by atoms with Crippen molar-refractivity contribution in [2.75, 3.05) is 13.1 Å². The monoisotopic (exact) mass is 250 g/mol. The first-order valence-electron chi connectivity index (χ1n) is 7.65. The van der Waals surface area contributed by atoms with E-state index in [1.807, 2.05) is 0 Å². The number of allylic oxidation sites excluding steroid dienone is 1. The van der Waals surface area contributed by atoms with Gasteiger partial charge in [-0.3, -0.25) is 0 Å². The molecule has 0 unspecified atom stereocenters. The average molecular weight is 250 g/mol. The molecule has 0 aliphatic heterocycles. The van der Waals surface area contributed by atoms with Gasteiger partial charge in [-0.2, -0.15) is 5.26 Å². The molecule has 1 N–H and O–H groups in total. The summed E-state index contributed by atoms with van der Waals surface area (Å²) in [6, 6.07) is 2.29. The molecule has 0 aliphatic rings. The van der Waals surface area contributed by atoms with Crippen molar-refractivity contribution in [1.82, 2.24) is 5.32 Å². The third kappa shape index (κ3) is 11.7. The standard InChI is InChI=1S/C16H30N2/c1-3-5-7-9-10-12-16(14-17)15-18-13-11-8-6-4-2/h12,18H,3-11,13,15H2,1-2H3/b16-12-. The van der Waals surface area contributed by atoms with E-state index < -0.39 is 0 Å². The van der Waals surface area contributed by atoms with Crippen molar-refractivity contribution in [3.63, 3.8) is 0 Å². The van der Waals surface area contributed by atoms with Crippen LogP contribution in [0.4, 0.5) is 0 Å². The fourth-order valence-corrected chi connectivity index (χ4v) is 1.90. The first-order valence-corrected chi connectivity index (χ1v) is 7.65. The fraction of sp³-hybridized carbons (Fsp3) is 0.812. The maximum atomic E-state index is 9.01. The van der Waals surface area contributed by atoms with E-state index in [9.17, 15) is 0 Å². The van der Waals surface area contributed by atoms with E-state index in [1.54, 1.807) is 0 Å². The Kier molecular flexibility index (Phi) is 13.6. The Labute approximate surface area is 113 Å². The van der Waals surface area contributed by atoms with Crippen molar-refractivity contribution < 1.29 is 0 Å². The Balaban J connectivity index is 3.51. The van der Waals surface area contributed by atoms with Gasteiger partial charge in [-0.1, -0.05) is 58.4 Å². The molecule has 0 saturated heterocycles. The van der Waals surface area contributed by atoms with Gasteiger partial charge in [0.05, 0.1) is 6.07 Å². The first kappa shape index (κ1) is 17.2. The van der Waals surface area contributed by atoms with Crippen LogP contribution < -0.4 is 5.32 Å². The molecule has 0 radical (unpaired) electrons. The van der Waals surface area contributed by atoms with Crippen molar-refractivity contribution in [1.29, 1.82) is 5.26 Å². The number of unbranched alkanes of at least 4 members (excludes halogenated alkanes) is 7. The fourth-order valence-electron chi connectivity index (χ4n) is 1.90. The molecule has 0 heterocycles. The lowest BCUT2D eigenvalue weighted by Crippen LogP contribution is -2.17. The second-order valence-corrected chi connectivity index (χ2v) is 4.93. The molecule has 0 amide bonds. The van der Waals surface area contributed by atoms with Crippen LogP contribution in [0.15, 0.2) is 11.6 Å². The van der Waals surface area contributed by atoms with Crippen LogP contribution in [0.5, 0.6) is 0 Å². The summed E-state index contributed by atoms with van der Waals surface area (Å²) < 4.78 is 0. The van der Waals surface area contributed by atoms with Gasteiger partial charge in [-0.15, -0.1) is 0 Å². The summed E-state index contributed by atoms with van der Waals surface area (Å²) in [6.07, 6.45) is 13.4. The number of hydrogen-bond acceptors (Lipinski definition) is 2. The first-order chi connectivity index (χ1) is 8.85. The van der Waals surface area contributed by atoms with E-state index in [4.69, 9.17) is 5.26 Å². The highest BCUT2D eigenvalue weighted by atomic mass is 14.8. The predicted octanol–water partition coefficient (Wildman–Crippen LogP) is 4.58. The van der Waals surface area contributed by atoms with Crippen LogP contribution in [0.25, 0.3) is 0 Å². The predicted molar refractivity (Wildman–Crippen MR) is 79.5 cm³/mol. The van der Waals surface area contributed by atoms with Crippen LogP contribution in [0.3, 0.4) is 0 Å². The number of rotatable bonds is 12. The van der Waals surface area contributed by atoms with Crippen LogP contribution >= 0.6 is 0 Å². The summed E-state index contributed by atoms with van der Waals surface area (Å²) in [7, 11) is 0. The zero-order valence-corrected chi connectivity index (χ0v) is 12.3. The summed E-state index contributed by atoms with van der Waals surface area (Å²) in [6.45, 7) is 6.23. The van der Waals surface area contributed by atoms with Crippen molar-refractivity contribution in [3.05, 3.63) is 11.6 Å². The zero-order chi connectivity index (χ0) is 13.5. The van der Waals surface area contributed by atoms with E-state index in [0.29, 0.717) is 0 Å². The van der Waals surface area contributed by atoms with Crippen molar-refractivity contribution in [3.8, 4) is 6.07 Å². The lowest BCUT2D eigenvalue weighted by Gasteiger charge is -2.03. The molecule has 18 heavy (non-hydrogen) atoms. The summed E-state index contributed by atoms with van der Waals surface area (Å²) >= 11 is 0. The summed E-state index contributed by atoms with van der Waals surface area (Å²) in [5.74, 6) is 0. The summed E-state index contributed by atoms with van der Waals surface area (Å²) in [4.78, 5) is 0. The molecule has 104 valence electrons. The number of nitriles is 1. The molecule has 0 aliphatic carbocycles. The highest BCUT2D eigenvalue weighted by molar-refractivity contribution is 5.21. The van der Waals surface area contributed by atoms with E-state index in [1.165, 1.54) is 51.4 Å². The third-order valence-corrected chi connectivity index (χ3v) is 3.11. The van der Waals surface area contributed by atoms with Crippen LogP contribution in [0.2, 0.25) is 0 Å². The lowest BCUT2D eigenvalue weighted by atomic mass is 10.1. The van der Waals surface area contributed by atoms with E-state index in [2.05, 4.69) is 31.3 Å². The maximum absolute atomic E-state index is 9.01. The normalized spacial score (nSPS) is 11.5. The quantitative estimate of drug-likeness (QED) is 0.406. The highest BCUT2D eigenvalue weighted by Gasteiger charge is 1.95. The molecule has 0 bridgehead atoms. The smallest absolute Gasteiger partial charge is 0.0957 e. The van der Waals surface area contributed by atoms with Crippen molar-refractivity contribution in [2.45, 2.75) is 71.6 Å². The molecule has 2 heteroatoms. The second kappa shape index (κ2) is 14.3. The molecule has 0 aromatic heterocycles. The number of nitrogens with one attached hydrogen (secondary N) is 1. The van der Waals surface area contributed by atoms with Crippen LogP contribution in [-0.4, -0.2) is 13.1 Å². The summed E-state index contributed by atoms with van der Waals surface area (Å²) in [5.41, 5.74) is 0.905. The largest absolute Gasteiger partial charge is 0.312 e. The van der Waals surface area contributed by atoms with Crippen LogP contribution in [0.1, 0.15) is 71.6 Å². The maximum Gasteiger partial charge on any atom is 0.0957 e. The molecule has 0 aromatic carbocycles. The molecule has 0 rings (SSSR count). The number of hydrogen-bond donors (Lipinski definition) is 1. The molecule has 2 nitrogen and oxygen atoms in total.